The molecule has 1 N–H and O–H groups in total. The molecule has 3 heteroatoms. The molecule has 0 fully saturated rings. The normalized spacial score (nSPS) is 12.1. The number of nitrogens with one attached hydrogen (secondary N) is 1. The van der Waals surface area contributed by atoms with Crippen LogP contribution >= 0.6 is 0 Å². The molecular formula is C33H53N3. The van der Waals surface area contributed by atoms with Crippen LogP contribution in [0, 0.1) is 13.8 Å². The monoisotopic (exact) mass is 491 g/mol. The molecule has 0 aliphatic heterocycles. The maximum atomic E-state index is 3.71. The van der Waals surface area contributed by atoms with Crippen molar-refractivity contribution in [2.75, 3.05) is 34.2 Å². The summed E-state index contributed by atoms with van der Waals surface area (Å²) in [6.07, 6.45) is 9.85. The first-order valence-electron chi connectivity index (χ1n) is 13.8. The Bertz CT molecular complexity index is 944. The van der Waals surface area contributed by atoms with E-state index in [9.17, 15) is 0 Å². The summed E-state index contributed by atoms with van der Waals surface area (Å²) in [6.45, 7) is 19.5. The van der Waals surface area contributed by atoms with Gasteiger partial charge in [0.2, 0.25) is 0 Å². The van der Waals surface area contributed by atoms with Gasteiger partial charge in [0.25, 0.3) is 0 Å². The zero-order chi connectivity index (χ0) is 27.1. The van der Waals surface area contributed by atoms with Gasteiger partial charge in [-0.25, -0.2) is 0 Å². The summed E-state index contributed by atoms with van der Waals surface area (Å²) < 4.78 is 0. The second-order valence-electron chi connectivity index (χ2n) is 9.78. The third kappa shape index (κ3) is 9.85. The van der Waals surface area contributed by atoms with Gasteiger partial charge < -0.3 is 15.1 Å². The van der Waals surface area contributed by atoms with Crippen molar-refractivity contribution in [1.29, 1.82) is 0 Å². The molecule has 0 bridgehead atoms. The van der Waals surface area contributed by atoms with Crippen LogP contribution in [0.2, 0.25) is 0 Å². The van der Waals surface area contributed by atoms with E-state index in [1.807, 2.05) is 13.1 Å². The SMILES string of the molecule is C=Cc1cccc(CC)c1.CC/C(=C/NC)N(C)C(C)c1ccc(CCCCN(C)CC)c(C)c1C. The third-order valence-electron chi connectivity index (χ3n) is 7.47. The van der Waals surface area contributed by atoms with Crippen molar-refractivity contribution in [3.05, 3.63) is 88.3 Å². The zero-order valence-electron chi connectivity index (χ0n) is 24.7. The quantitative estimate of drug-likeness (QED) is 0.287. The Morgan fingerprint density at radius 3 is 2.33 bits per heavy atom. The Hall–Kier alpha value is -2.52. The lowest BCUT2D eigenvalue weighted by Gasteiger charge is -2.31. The Kier molecular flexibility index (Phi) is 14.9. The fourth-order valence-electron chi connectivity index (χ4n) is 4.49. The molecule has 0 aliphatic rings. The van der Waals surface area contributed by atoms with Crippen LogP contribution in [0.5, 0.6) is 0 Å². The second-order valence-corrected chi connectivity index (χ2v) is 9.78. The molecule has 0 aliphatic carbocycles. The number of benzene rings is 2. The maximum absolute atomic E-state index is 3.71. The van der Waals surface area contributed by atoms with Crippen molar-refractivity contribution in [1.82, 2.24) is 15.1 Å². The minimum atomic E-state index is 0.375. The summed E-state index contributed by atoms with van der Waals surface area (Å²) in [5.41, 5.74) is 9.80. The highest BCUT2D eigenvalue weighted by Gasteiger charge is 2.17. The molecule has 0 heterocycles. The van der Waals surface area contributed by atoms with Crippen LogP contribution in [0.25, 0.3) is 6.08 Å². The first-order chi connectivity index (χ1) is 17.2. The molecule has 0 saturated heterocycles. The number of nitrogens with zero attached hydrogens (tertiary/aromatic N) is 2. The largest absolute Gasteiger partial charge is 0.393 e. The van der Waals surface area contributed by atoms with E-state index in [2.05, 4.69) is 120 Å². The number of allylic oxidation sites excluding steroid dienone is 1. The van der Waals surface area contributed by atoms with Crippen molar-refractivity contribution in [3.63, 3.8) is 0 Å². The van der Waals surface area contributed by atoms with Crippen LogP contribution in [0.4, 0.5) is 0 Å². The highest BCUT2D eigenvalue weighted by atomic mass is 15.1. The van der Waals surface area contributed by atoms with Gasteiger partial charge in [-0.2, -0.15) is 0 Å². The van der Waals surface area contributed by atoms with Crippen LogP contribution in [0.3, 0.4) is 0 Å². The zero-order valence-corrected chi connectivity index (χ0v) is 24.7. The van der Waals surface area contributed by atoms with Gasteiger partial charge in [-0.1, -0.05) is 69.8 Å². The average Bonchev–Trinajstić information content (AvgIpc) is 2.91. The smallest absolute Gasteiger partial charge is 0.0511 e. The lowest BCUT2D eigenvalue weighted by Crippen LogP contribution is -2.24. The molecule has 0 saturated carbocycles. The van der Waals surface area contributed by atoms with Gasteiger partial charge in [-0.3, -0.25) is 0 Å². The van der Waals surface area contributed by atoms with Gasteiger partial charge >= 0.3 is 0 Å². The topological polar surface area (TPSA) is 18.5 Å². The highest BCUT2D eigenvalue weighted by molar-refractivity contribution is 5.47. The Labute approximate surface area is 223 Å². The molecule has 0 spiro atoms. The number of aryl methyl sites for hydroxylation is 2. The van der Waals surface area contributed by atoms with Crippen LogP contribution in [-0.2, 0) is 12.8 Å². The van der Waals surface area contributed by atoms with E-state index < -0.39 is 0 Å². The average molecular weight is 492 g/mol. The molecule has 2 rings (SSSR count). The van der Waals surface area contributed by atoms with Gasteiger partial charge in [0, 0.05) is 26.0 Å². The van der Waals surface area contributed by atoms with Gasteiger partial charge in [-0.05, 0) is 106 Å². The lowest BCUT2D eigenvalue weighted by molar-refractivity contribution is 0.318. The summed E-state index contributed by atoms with van der Waals surface area (Å²) >= 11 is 0. The van der Waals surface area contributed by atoms with Crippen LogP contribution < -0.4 is 5.32 Å². The summed E-state index contributed by atoms with van der Waals surface area (Å²) in [6, 6.07) is 13.5. The second kappa shape index (κ2) is 17.0. The molecule has 0 aromatic heterocycles. The molecule has 3 nitrogen and oxygen atoms in total. The van der Waals surface area contributed by atoms with Crippen molar-refractivity contribution >= 4 is 6.08 Å². The van der Waals surface area contributed by atoms with E-state index in [1.54, 1.807) is 0 Å². The molecule has 0 amide bonds. The fourth-order valence-corrected chi connectivity index (χ4v) is 4.49. The molecule has 2 aromatic carbocycles. The number of hydrogen-bond donors (Lipinski definition) is 1. The predicted molar refractivity (Wildman–Crippen MR) is 162 cm³/mol. The first-order valence-corrected chi connectivity index (χ1v) is 13.8. The molecule has 36 heavy (non-hydrogen) atoms. The summed E-state index contributed by atoms with van der Waals surface area (Å²) in [7, 11) is 6.37. The van der Waals surface area contributed by atoms with E-state index in [1.165, 1.54) is 64.9 Å². The summed E-state index contributed by atoms with van der Waals surface area (Å²) in [5, 5.41) is 3.17. The van der Waals surface area contributed by atoms with E-state index in [0.717, 1.165) is 19.4 Å². The minimum absolute atomic E-state index is 0.375. The molecule has 2 aromatic rings. The molecule has 1 atom stereocenters. The van der Waals surface area contributed by atoms with Gasteiger partial charge in [0.1, 0.15) is 0 Å². The van der Waals surface area contributed by atoms with E-state index >= 15 is 0 Å². The maximum Gasteiger partial charge on any atom is 0.0511 e. The third-order valence-corrected chi connectivity index (χ3v) is 7.47. The predicted octanol–water partition coefficient (Wildman–Crippen LogP) is 7.93. The van der Waals surface area contributed by atoms with Gasteiger partial charge in [0.05, 0.1) is 6.04 Å². The molecule has 1 unspecified atom stereocenters. The van der Waals surface area contributed by atoms with Crippen LogP contribution in [0.15, 0.2) is 54.9 Å². The fraction of sp³-hybridized carbons (Fsp3) is 0.515. The Balaban J connectivity index is 0.000000537. The minimum Gasteiger partial charge on any atom is -0.393 e. The van der Waals surface area contributed by atoms with Crippen LogP contribution in [0.1, 0.15) is 86.4 Å². The van der Waals surface area contributed by atoms with Crippen molar-refractivity contribution in [3.8, 4) is 0 Å². The molecular weight excluding hydrogens is 438 g/mol. The Morgan fingerprint density at radius 1 is 1.03 bits per heavy atom. The standard InChI is InChI=1S/C23H41N3.C10H12/c1-9-22(17-24-6)26(8)20(5)23-15-14-21(18(3)19(23)4)13-11-12-16-25(7)10-2;1-3-9-6-5-7-10(4-2)8-9/h14-15,17,20,24H,9-13,16H2,1-8H3;3,5-8H,1,4H2,2H3/b22-17-;. The summed E-state index contributed by atoms with van der Waals surface area (Å²) in [4.78, 5) is 4.78. The van der Waals surface area contributed by atoms with E-state index in [4.69, 9.17) is 0 Å². The summed E-state index contributed by atoms with van der Waals surface area (Å²) in [5.74, 6) is 0. The van der Waals surface area contributed by atoms with Crippen molar-refractivity contribution < 1.29 is 0 Å². The van der Waals surface area contributed by atoms with E-state index in [0.29, 0.717) is 6.04 Å². The Morgan fingerprint density at radius 2 is 1.75 bits per heavy atom. The number of rotatable bonds is 13. The molecule has 0 radical (unpaired) electrons. The van der Waals surface area contributed by atoms with Crippen LogP contribution in [-0.4, -0.2) is 44.0 Å². The molecule has 200 valence electrons. The van der Waals surface area contributed by atoms with Gasteiger partial charge in [-0.15, -0.1) is 0 Å². The van der Waals surface area contributed by atoms with Gasteiger partial charge in [0.15, 0.2) is 0 Å². The first kappa shape index (κ1) is 31.5. The van der Waals surface area contributed by atoms with E-state index in [-0.39, 0.29) is 0 Å². The van der Waals surface area contributed by atoms with Crippen molar-refractivity contribution in [2.45, 2.75) is 79.7 Å². The number of unbranched alkanes of at least 4 members (excludes halogenated alkanes) is 1. The lowest BCUT2D eigenvalue weighted by atomic mass is 9.91. The van der Waals surface area contributed by atoms with Crippen molar-refractivity contribution in [2.24, 2.45) is 0 Å². The number of hydrogen-bond acceptors (Lipinski definition) is 3. The highest BCUT2D eigenvalue weighted by Crippen LogP contribution is 2.29.